The van der Waals surface area contributed by atoms with Crippen LogP contribution in [0.25, 0.3) is 21.8 Å². The molecule has 0 N–H and O–H groups in total. The summed E-state index contributed by atoms with van der Waals surface area (Å²) in [4.78, 5) is 4.92. The van der Waals surface area contributed by atoms with Gasteiger partial charge in [-0.2, -0.15) is 0 Å². The van der Waals surface area contributed by atoms with Crippen LogP contribution >= 0.6 is 0 Å². The number of nitrogens with zero attached hydrogens (tertiary/aromatic N) is 1. The Balaban J connectivity index is 2.44. The zero-order valence-corrected chi connectivity index (χ0v) is 10.9. The Bertz CT molecular complexity index is 654. The van der Waals surface area contributed by atoms with Crippen LogP contribution in [0.4, 0.5) is 0 Å². The second-order valence-electron chi connectivity index (χ2n) is 4.67. The Morgan fingerprint density at radius 1 is 0.778 bits per heavy atom. The first-order valence-electron chi connectivity index (χ1n) is 6.63. The van der Waals surface area contributed by atoms with Crippen LogP contribution in [0.3, 0.4) is 0 Å². The first kappa shape index (κ1) is 11.2. The average molecular weight is 235 g/mol. The van der Waals surface area contributed by atoms with Crippen molar-refractivity contribution in [1.29, 1.82) is 0 Å². The number of pyridine rings is 1. The largest absolute Gasteiger partial charge is 0.247 e. The lowest BCUT2D eigenvalue weighted by Crippen LogP contribution is -1.92. The Kier molecular flexibility index (Phi) is 2.75. The van der Waals surface area contributed by atoms with Crippen LogP contribution in [-0.4, -0.2) is 4.98 Å². The molecular formula is C17H17N. The molecule has 0 aliphatic rings. The van der Waals surface area contributed by atoms with Gasteiger partial charge in [0.25, 0.3) is 0 Å². The van der Waals surface area contributed by atoms with Crippen molar-refractivity contribution < 1.29 is 0 Å². The fourth-order valence-electron chi connectivity index (χ4n) is 2.58. The molecule has 0 aliphatic carbocycles. The monoisotopic (exact) mass is 235 g/mol. The summed E-state index contributed by atoms with van der Waals surface area (Å²) in [7, 11) is 0. The number of aromatic nitrogens is 1. The standard InChI is InChI=1S/C17H17N/c1-3-12-7-5-9-14-11-15-10-6-8-13(4-2)17(15)18-16(12)14/h5-11H,3-4H2,1-2H3. The highest BCUT2D eigenvalue weighted by molar-refractivity contribution is 5.95. The highest BCUT2D eigenvalue weighted by atomic mass is 14.7. The molecule has 0 aliphatic heterocycles. The lowest BCUT2D eigenvalue weighted by molar-refractivity contribution is 1.13. The molecule has 0 unspecified atom stereocenters. The van der Waals surface area contributed by atoms with Gasteiger partial charge in [-0.25, -0.2) is 4.98 Å². The lowest BCUT2D eigenvalue weighted by Gasteiger charge is -2.08. The van der Waals surface area contributed by atoms with Crippen LogP contribution in [0.1, 0.15) is 25.0 Å². The van der Waals surface area contributed by atoms with Gasteiger partial charge in [-0.05, 0) is 30.0 Å². The maximum absolute atomic E-state index is 4.92. The summed E-state index contributed by atoms with van der Waals surface area (Å²) in [5.41, 5.74) is 4.99. The molecule has 18 heavy (non-hydrogen) atoms. The minimum Gasteiger partial charge on any atom is -0.247 e. The van der Waals surface area contributed by atoms with Gasteiger partial charge < -0.3 is 0 Å². The quantitative estimate of drug-likeness (QED) is 0.595. The second kappa shape index (κ2) is 4.41. The summed E-state index contributed by atoms with van der Waals surface area (Å²) in [6.45, 7) is 4.37. The molecule has 2 aromatic carbocycles. The Morgan fingerprint density at radius 3 is 1.72 bits per heavy atom. The zero-order valence-electron chi connectivity index (χ0n) is 10.9. The minimum absolute atomic E-state index is 1.03. The zero-order chi connectivity index (χ0) is 12.5. The van der Waals surface area contributed by atoms with Gasteiger partial charge in [-0.1, -0.05) is 50.2 Å². The molecule has 1 heterocycles. The maximum Gasteiger partial charge on any atom is 0.0741 e. The second-order valence-corrected chi connectivity index (χ2v) is 4.67. The van der Waals surface area contributed by atoms with Crippen molar-refractivity contribution in [3.63, 3.8) is 0 Å². The molecule has 0 fully saturated rings. The van der Waals surface area contributed by atoms with E-state index in [0.717, 1.165) is 23.9 Å². The molecule has 0 bridgehead atoms. The molecular weight excluding hydrogens is 218 g/mol. The van der Waals surface area contributed by atoms with Gasteiger partial charge in [-0.15, -0.1) is 0 Å². The number of rotatable bonds is 2. The van der Waals surface area contributed by atoms with E-state index in [1.54, 1.807) is 0 Å². The van der Waals surface area contributed by atoms with Crippen molar-refractivity contribution in [3.05, 3.63) is 53.6 Å². The number of benzene rings is 2. The van der Waals surface area contributed by atoms with Crippen LogP contribution in [0.5, 0.6) is 0 Å². The summed E-state index contributed by atoms with van der Waals surface area (Å²) in [6, 6.07) is 15.2. The van der Waals surface area contributed by atoms with E-state index < -0.39 is 0 Å². The van der Waals surface area contributed by atoms with Crippen LogP contribution in [0, 0.1) is 0 Å². The number of hydrogen-bond donors (Lipinski definition) is 0. The molecule has 3 rings (SSSR count). The Morgan fingerprint density at radius 2 is 1.28 bits per heavy atom. The number of fused-ring (bicyclic) bond motifs is 2. The van der Waals surface area contributed by atoms with Crippen molar-refractivity contribution in [3.8, 4) is 0 Å². The summed E-state index contributed by atoms with van der Waals surface area (Å²) in [5.74, 6) is 0. The third kappa shape index (κ3) is 1.67. The lowest BCUT2D eigenvalue weighted by atomic mass is 10.0. The van der Waals surface area contributed by atoms with Gasteiger partial charge in [-0.3, -0.25) is 0 Å². The SMILES string of the molecule is CCc1cccc2cc3cccc(CC)c3nc12. The summed E-state index contributed by atoms with van der Waals surface area (Å²) < 4.78 is 0. The van der Waals surface area contributed by atoms with Crippen molar-refractivity contribution in [2.45, 2.75) is 26.7 Å². The van der Waals surface area contributed by atoms with Gasteiger partial charge in [0.1, 0.15) is 0 Å². The van der Waals surface area contributed by atoms with Crippen molar-refractivity contribution in [2.75, 3.05) is 0 Å². The predicted octanol–water partition coefficient (Wildman–Crippen LogP) is 4.51. The van der Waals surface area contributed by atoms with E-state index in [-0.39, 0.29) is 0 Å². The van der Waals surface area contributed by atoms with E-state index in [9.17, 15) is 0 Å². The molecule has 0 saturated carbocycles. The van der Waals surface area contributed by atoms with Gasteiger partial charge in [0.15, 0.2) is 0 Å². The number of para-hydroxylation sites is 2. The van der Waals surface area contributed by atoms with Crippen molar-refractivity contribution in [1.82, 2.24) is 4.98 Å². The van der Waals surface area contributed by atoms with Crippen molar-refractivity contribution in [2.24, 2.45) is 0 Å². The molecule has 90 valence electrons. The fourth-order valence-corrected chi connectivity index (χ4v) is 2.58. The number of hydrogen-bond acceptors (Lipinski definition) is 1. The maximum atomic E-state index is 4.92. The number of aryl methyl sites for hydroxylation is 2. The first-order chi connectivity index (χ1) is 8.83. The molecule has 3 aromatic rings. The van der Waals surface area contributed by atoms with E-state index >= 15 is 0 Å². The summed E-state index contributed by atoms with van der Waals surface area (Å²) >= 11 is 0. The summed E-state index contributed by atoms with van der Waals surface area (Å²) in [6.07, 6.45) is 2.06. The van der Waals surface area contributed by atoms with Crippen LogP contribution in [-0.2, 0) is 12.8 Å². The Hall–Kier alpha value is -1.89. The molecule has 0 radical (unpaired) electrons. The molecule has 1 nitrogen and oxygen atoms in total. The van der Waals surface area contributed by atoms with E-state index in [1.807, 2.05) is 0 Å². The van der Waals surface area contributed by atoms with E-state index in [2.05, 4.69) is 56.3 Å². The van der Waals surface area contributed by atoms with Crippen molar-refractivity contribution >= 4 is 21.8 Å². The van der Waals surface area contributed by atoms with Gasteiger partial charge in [0, 0.05) is 10.8 Å². The summed E-state index contributed by atoms with van der Waals surface area (Å²) in [5, 5.41) is 2.49. The molecule has 0 saturated heterocycles. The molecule has 1 heteroatoms. The van der Waals surface area contributed by atoms with Gasteiger partial charge in [0.05, 0.1) is 11.0 Å². The third-order valence-electron chi connectivity index (χ3n) is 3.60. The minimum atomic E-state index is 1.03. The fraction of sp³-hybridized carbons (Fsp3) is 0.235. The van der Waals surface area contributed by atoms with Crippen LogP contribution < -0.4 is 0 Å². The highest BCUT2D eigenvalue weighted by Crippen LogP contribution is 2.25. The van der Waals surface area contributed by atoms with E-state index in [0.29, 0.717) is 0 Å². The Labute approximate surface area is 107 Å². The third-order valence-corrected chi connectivity index (χ3v) is 3.60. The normalized spacial score (nSPS) is 11.2. The molecule has 0 atom stereocenters. The predicted molar refractivity (Wildman–Crippen MR) is 78.0 cm³/mol. The topological polar surface area (TPSA) is 12.9 Å². The highest BCUT2D eigenvalue weighted by Gasteiger charge is 2.05. The van der Waals surface area contributed by atoms with Crippen LogP contribution in [0.15, 0.2) is 42.5 Å². The first-order valence-corrected chi connectivity index (χ1v) is 6.63. The molecule has 1 aromatic heterocycles. The van der Waals surface area contributed by atoms with Crippen LogP contribution in [0.2, 0.25) is 0 Å². The van der Waals surface area contributed by atoms with Gasteiger partial charge in [0.2, 0.25) is 0 Å². The average Bonchev–Trinajstić information content (AvgIpc) is 2.43. The smallest absolute Gasteiger partial charge is 0.0741 e. The van der Waals surface area contributed by atoms with Gasteiger partial charge >= 0.3 is 0 Å². The van der Waals surface area contributed by atoms with E-state index in [4.69, 9.17) is 4.98 Å². The molecule has 0 spiro atoms. The molecule has 0 amide bonds. The van der Waals surface area contributed by atoms with E-state index in [1.165, 1.54) is 21.9 Å².